The molecule has 1 aliphatic rings. The molecule has 0 aromatic carbocycles. The summed E-state index contributed by atoms with van der Waals surface area (Å²) in [6, 6.07) is 0. The predicted octanol–water partition coefficient (Wildman–Crippen LogP) is 3.58. The highest BCUT2D eigenvalue weighted by Crippen LogP contribution is 2.33. The van der Waals surface area contributed by atoms with E-state index in [1.807, 2.05) is 43.4 Å². The van der Waals surface area contributed by atoms with Gasteiger partial charge in [0.05, 0.1) is 12.2 Å². The molecular formula is C22H32O5. The number of Topliss-reactive ketones (excluding diaryl/α,β-unsaturated/α-hetero) is 1. The van der Waals surface area contributed by atoms with E-state index < -0.39 is 18.2 Å². The summed E-state index contributed by atoms with van der Waals surface area (Å²) in [6.45, 7) is 2.03. The fourth-order valence-corrected chi connectivity index (χ4v) is 3.10. The summed E-state index contributed by atoms with van der Waals surface area (Å²) in [5, 5.41) is 28.7. The first-order valence-corrected chi connectivity index (χ1v) is 9.69. The number of carbonyl (C=O) groups is 2. The Balaban J connectivity index is 2.48. The first-order chi connectivity index (χ1) is 13.0. The van der Waals surface area contributed by atoms with Crippen molar-refractivity contribution >= 4 is 11.8 Å². The van der Waals surface area contributed by atoms with Crippen molar-refractivity contribution in [3.05, 3.63) is 48.6 Å². The summed E-state index contributed by atoms with van der Waals surface area (Å²) in [4.78, 5) is 22.6. The van der Waals surface area contributed by atoms with Gasteiger partial charge >= 0.3 is 5.97 Å². The van der Waals surface area contributed by atoms with Gasteiger partial charge in [-0.15, -0.1) is 0 Å². The van der Waals surface area contributed by atoms with Crippen LogP contribution >= 0.6 is 0 Å². The maximum Gasteiger partial charge on any atom is 0.303 e. The third-order valence-corrected chi connectivity index (χ3v) is 4.59. The summed E-state index contributed by atoms with van der Waals surface area (Å²) < 4.78 is 0. The highest BCUT2D eigenvalue weighted by Gasteiger charge is 2.39. The zero-order chi connectivity index (χ0) is 20.1. The Morgan fingerprint density at radius 1 is 1.19 bits per heavy atom. The van der Waals surface area contributed by atoms with Crippen LogP contribution in [0.15, 0.2) is 48.6 Å². The third kappa shape index (κ3) is 9.50. The number of carboxylic acids is 1. The number of aliphatic carboxylic acids is 1. The standard InChI is InChI=1S/C22H32O5/c1-2-3-8-11-17(23)14-15-19-18(20(24)16-21(19)25)12-9-6-4-5-7-10-13-22(26)27/h3,5-9,14-15,17-19,21,23,25H,2,4,10-13,16H2,1H3,(H,26,27)/b7-5-,8-3-,9-6-,15-14+/t17-,18+,19-,21+/m1/s1. The van der Waals surface area contributed by atoms with Gasteiger partial charge in [-0.2, -0.15) is 0 Å². The Morgan fingerprint density at radius 2 is 1.93 bits per heavy atom. The van der Waals surface area contributed by atoms with E-state index in [-0.39, 0.29) is 30.5 Å². The van der Waals surface area contributed by atoms with Crippen molar-refractivity contribution in [1.82, 2.24) is 0 Å². The molecule has 0 spiro atoms. The second-order valence-electron chi connectivity index (χ2n) is 6.84. The molecular weight excluding hydrogens is 344 g/mol. The minimum Gasteiger partial charge on any atom is -0.481 e. The maximum atomic E-state index is 12.1. The number of hydrogen-bond acceptors (Lipinski definition) is 4. The molecule has 1 saturated carbocycles. The lowest BCUT2D eigenvalue weighted by atomic mass is 9.90. The quantitative estimate of drug-likeness (QED) is 0.453. The van der Waals surface area contributed by atoms with Gasteiger partial charge in [0.1, 0.15) is 5.78 Å². The zero-order valence-corrected chi connectivity index (χ0v) is 16.0. The van der Waals surface area contributed by atoms with E-state index in [1.54, 1.807) is 12.2 Å². The molecule has 27 heavy (non-hydrogen) atoms. The van der Waals surface area contributed by atoms with Gasteiger partial charge in [-0.3, -0.25) is 9.59 Å². The second-order valence-corrected chi connectivity index (χ2v) is 6.84. The summed E-state index contributed by atoms with van der Waals surface area (Å²) in [5.74, 6) is -1.28. The van der Waals surface area contributed by atoms with Crippen LogP contribution in [-0.2, 0) is 9.59 Å². The number of aliphatic hydroxyl groups is 2. The van der Waals surface area contributed by atoms with Crippen molar-refractivity contribution in [1.29, 1.82) is 0 Å². The van der Waals surface area contributed by atoms with Crippen LogP contribution in [0.1, 0.15) is 51.9 Å². The number of rotatable bonds is 12. The van der Waals surface area contributed by atoms with E-state index in [0.717, 1.165) is 6.42 Å². The Hall–Kier alpha value is -1.98. The lowest BCUT2D eigenvalue weighted by Gasteiger charge is -2.16. The predicted molar refractivity (Wildman–Crippen MR) is 106 cm³/mol. The molecule has 0 aromatic heterocycles. The van der Waals surface area contributed by atoms with Crippen LogP contribution in [0, 0.1) is 11.8 Å². The molecule has 0 aliphatic heterocycles. The molecule has 1 rings (SSSR count). The molecule has 5 nitrogen and oxygen atoms in total. The van der Waals surface area contributed by atoms with E-state index in [2.05, 4.69) is 0 Å². The van der Waals surface area contributed by atoms with Crippen molar-refractivity contribution in [2.24, 2.45) is 11.8 Å². The maximum absolute atomic E-state index is 12.1. The van der Waals surface area contributed by atoms with Crippen LogP contribution in [0.3, 0.4) is 0 Å². The second kappa shape index (κ2) is 13.2. The van der Waals surface area contributed by atoms with E-state index >= 15 is 0 Å². The van der Waals surface area contributed by atoms with Crippen LogP contribution in [0.5, 0.6) is 0 Å². The van der Waals surface area contributed by atoms with Gasteiger partial charge < -0.3 is 15.3 Å². The summed E-state index contributed by atoms with van der Waals surface area (Å²) >= 11 is 0. The molecule has 4 atom stereocenters. The van der Waals surface area contributed by atoms with Gasteiger partial charge in [0.25, 0.3) is 0 Å². The first kappa shape index (κ1) is 23.1. The molecule has 1 aliphatic carbocycles. The van der Waals surface area contributed by atoms with Crippen LogP contribution < -0.4 is 0 Å². The molecule has 0 aromatic rings. The Labute approximate surface area is 161 Å². The normalized spacial score (nSPS) is 24.9. The van der Waals surface area contributed by atoms with Crippen molar-refractivity contribution < 1.29 is 24.9 Å². The van der Waals surface area contributed by atoms with Crippen LogP contribution in [0.2, 0.25) is 0 Å². The first-order valence-electron chi connectivity index (χ1n) is 9.69. The molecule has 0 heterocycles. The average Bonchev–Trinajstić information content (AvgIpc) is 2.88. The topological polar surface area (TPSA) is 94.8 Å². The molecule has 5 heteroatoms. The molecule has 150 valence electrons. The molecule has 0 amide bonds. The molecule has 0 saturated heterocycles. The third-order valence-electron chi connectivity index (χ3n) is 4.59. The van der Waals surface area contributed by atoms with Crippen LogP contribution in [-0.4, -0.2) is 39.3 Å². The van der Waals surface area contributed by atoms with E-state index in [4.69, 9.17) is 5.11 Å². The van der Waals surface area contributed by atoms with Crippen molar-refractivity contribution in [3.63, 3.8) is 0 Å². The number of carboxylic acid groups (broad SMARTS) is 1. The highest BCUT2D eigenvalue weighted by molar-refractivity contribution is 5.84. The van der Waals surface area contributed by atoms with Gasteiger partial charge in [-0.25, -0.2) is 0 Å². The minimum absolute atomic E-state index is 0.0548. The number of aliphatic hydroxyl groups excluding tert-OH is 2. The van der Waals surface area contributed by atoms with Gasteiger partial charge in [-0.1, -0.05) is 55.5 Å². The van der Waals surface area contributed by atoms with E-state index in [9.17, 15) is 19.8 Å². The molecule has 0 unspecified atom stereocenters. The smallest absolute Gasteiger partial charge is 0.303 e. The van der Waals surface area contributed by atoms with Gasteiger partial charge in [-0.05, 0) is 32.1 Å². The molecule has 1 fully saturated rings. The van der Waals surface area contributed by atoms with E-state index in [0.29, 0.717) is 25.7 Å². The van der Waals surface area contributed by atoms with Crippen molar-refractivity contribution in [2.45, 2.75) is 64.1 Å². The summed E-state index contributed by atoms with van der Waals surface area (Å²) in [5.41, 5.74) is 0. The monoisotopic (exact) mass is 376 g/mol. The minimum atomic E-state index is -0.806. The highest BCUT2D eigenvalue weighted by atomic mass is 16.4. The summed E-state index contributed by atoms with van der Waals surface area (Å²) in [6.07, 6.45) is 17.2. The number of allylic oxidation sites excluding steroid dienone is 5. The average molecular weight is 376 g/mol. The summed E-state index contributed by atoms with van der Waals surface area (Å²) in [7, 11) is 0. The molecule has 0 radical (unpaired) electrons. The van der Waals surface area contributed by atoms with Crippen molar-refractivity contribution in [3.8, 4) is 0 Å². The number of carbonyl (C=O) groups excluding carboxylic acids is 1. The fourth-order valence-electron chi connectivity index (χ4n) is 3.10. The SMILES string of the molecule is CC/C=C\C[C@@H](O)/C=C/[C@@H]1[C@H](C/C=C\C/C=C\CCC(=O)O)C(=O)C[C@@H]1O. The Morgan fingerprint density at radius 3 is 2.63 bits per heavy atom. The lowest BCUT2D eigenvalue weighted by molar-refractivity contribution is -0.136. The van der Waals surface area contributed by atoms with Gasteiger partial charge in [0.15, 0.2) is 0 Å². The number of ketones is 1. The van der Waals surface area contributed by atoms with E-state index in [1.165, 1.54) is 0 Å². The van der Waals surface area contributed by atoms with Crippen molar-refractivity contribution in [2.75, 3.05) is 0 Å². The largest absolute Gasteiger partial charge is 0.481 e. The van der Waals surface area contributed by atoms with Crippen LogP contribution in [0.25, 0.3) is 0 Å². The van der Waals surface area contributed by atoms with Gasteiger partial charge in [0.2, 0.25) is 0 Å². The number of hydrogen-bond donors (Lipinski definition) is 3. The fraction of sp³-hybridized carbons (Fsp3) is 0.545. The molecule has 3 N–H and O–H groups in total. The zero-order valence-electron chi connectivity index (χ0n) is 16.0. The Bertz CT molecular complexity index is 573. The lowest BCUT2D eigenvalue weighted by Crippen LogP contribution is -2.18. The molecule has 0 bridgehead atoms. The van der Waals surface area contributed by atoms with Crippen LogP contribution in [0.4, 0.5) is 0 Å². The van der Waals surface area contributed by atoms with Gasteiger partial charge in [0, 0.05) is 24.7 Å². The Kier molecular flexibility index (Phi) is 11.3.